The summed E-state index contributed by atoms with van der Waals surface area (Å²) in [4.78, 5) is 4.91. The Morgan fingerprint density at radius 3 is 2.74 bits per heavy atom. The van der Waals surface area contributed by atoms with Crippen molar-refractivity contribution in [2.75, 3.05) is 18.4 Å². The lowest BCUT2D eigenvalue weighted by atomic mass is 10.2. The van der Waals surface area contributed by atoms with Crippen LogP contribution in [0.2, 0.25) is 5.02 Å². The molecule has 0 aliphatic heterocycles. The van der Waals surface area contributed by atoms with Crippen molar-refractivity contribution in [3.8, 4) is 0 Å². The van der Waals surface area contributed by atoms with Crippen LogP contribution in [0.5, 0.6) is 0 Å². The van der Waals surface area contributed by atoms with Crippen LogP contribution in [-0.4, -0.2) is 35.3 Å². The topological polar surface area (TPSA) is 88.4 Å². The Labute approximate surface area is 165 Å². The van der Waals surface area contributed by atoms with Gasteiger partial charge in [-0.1, -0.05) is 24.4 Å². The number of benzene rings is 1. The highest BCUT2D eigenvalue weighted by atomic mass is 35.5. The maximum atomic E-state index is 13.0. The SMILES string of the molecule is O=S(=O)(NCCCCCCNc1nsc2nccn12)c1ccc(F)cc1Cl. The van der Waals surface area contributed by atoms with Crippen molar-refractivity contribution in [2.45, 2.75) is 30.6 Å². The van der Waals surface area contributed by atoms with Crippen molar-refractivity contribution >= 4 is 44.1 Å². The summed E-state index contributed by atoms with van der Waals surface area (Å²) >= 11 is 7.15. The molecule has 2 heterocycles. The van der Waals surface area contributed by atoms with Crippen LogP contribution in [0.1, 0.15) is 25.7 Å². The lowest BCUT2D eigenvalue weighted by Crippen LogP contribution is -2.25. The van der Waals surface area contributed by atoms with E-state index in [2.05, 4.69) is 19.4 Å². The molecule has 1 aromatic carbocycles. The highest BCUT2D eigenvalue weighted by molar-refractivity contribution is 7.89. The standard InChI is InChI=1S/C16H19ClFN5O2S2/c17-13-11-12(18)5-6-14(13)27(24,25)21-8-4-2-1-3-7-19-15-22-26-16-20-9-10-23(15)16/h5-6,9-11,21H,1-4,7-8H2,(H,19,22). The van der Waals surface area contributed by atoms with Crippen LogP contribution in [0.25, 0.3) is 4.96 Å². The van der Waals surface area contributed by atoms with Gasteiger partial charge in [0.2, 0.25) is 20.9 Å². The minimum absolute atomic E-state index is 0.108. The summed E-state index contributed by atoms with van der Waals surface area (Å²) in [6.07, 6.45) is 7.10. The average molecular weight is 432 g/mol. The minimum Gasteiger partial charge on any atom is -0.355 e. The number of rotatable bonds is 10. The van der Waals surface area contributed by atoms with Crippen molar-refractivity contribution in [2.24, 2.45) is 0 Å². The Morgan fingerprint density at radius 1 is 1.19 bits per heavy atom. The molecule has 3 rings (SSSR count). The van der Waals surface area contributed by atoms with Gasteiger partial charge in [0.15, 0.2) is 0 Å². The molecule has 0 aliphatic rings. The van der Waals surface area contributed by atoms with E-state index < -0.39 is 15.8 Å². The maximum Gasteiger partial charge on any atom is 0.242 e. The summed E-state index contributed by atoms with van der Waals surface area (Å²) in [5.74, 6) is 0.218. The number of imidazole rings is 1. The van der Waals surface area contributed by atoms with Crippen molar-refractivity contribution < 1.29 is 12.8 Å². The van der Waals surface area contributed by atoms with Crippen molar-refractivity contribution in [1.29, 1.82) is 0 Å². The molecule has 0 unspecified atom stereocenters. The van der Waals surface area contributed by atoms with Crippen LogP contribution < -0.4 is 10.0 Å². The minimum atomic E-state index is -3.73. The lowest BCUT2D eigenvalue weighted by Gasteiger charge is -2.08. The van der Waals surface area contributed by atoms with Gasteiger partial charge in [0.25, 0.3) is 0 Å². The number of unbranched alkanes of at least 4 members (excludes halogenated alkanes) is 3. The van der Waals surface area contributed by atoms with Crippen molar-refractivity contribution in [3.05, 3.63) is 41.4 Å². The van der Waals surface area contributed by atoms with Gasteiger partial charge in [-0.05, 0) is 31.0 Å². The number of halogens is 2. The predicted octanol–water partition coefficient (Wildman–Crippen LogP) is 3.53. The first-order valence-corrected chi connectivity index (χ1v) is 11.1. The van der Waals surface area contributed by atoms with Crippen LogP contribution in [0.15, 0.2) is 35.5 Å². The first-order valence-electron chi connectivity index (χ1n) is 8.45. The van der Waals surface area contributed by atoms with Gasteiger partial charge < -0.3 is 5.32 Å². The number of aromatic nitrogens is 3. The molecule has 27 heavy (non-hydrogen) atoms. The molecule has 0 saturated heterocycles. The highest BCUT2D eigenvalue weighted by Crippen LogP contribution is 2.22. The van der Waals surface area contributed by atoms with Gasteiger partial charge >= 0.3 is 0 Å². The Hall–Kier alpha value is -1.75. The second kappa shape index (κ2) is 8.96. The van der Waals surface area contributed by atoms with E-state index in [4.69, 9.17) is 11.6 Å². The van der Waals surface area contributed by atoms with Crippen molar-refractivity contribution in [3.63, 3.8) is 0 Å². The molecule has 3 aromatic rings. The molecule has 0 spiro atoms. The Balaban J connectivity index is 1.33. The summed E-state index contributed by atoms with van der Waals surface area (Å²) in [6, 6.07) is 3.23. The molecule has 0 saturated carbocycles. The number of nitrogens with one attached hydrogen (secondary N) is 2. The second-order valence-corrected chi connectivity index (χ2v) is 8.77. The number of anilines is 1. The van der Waals surface area contributed by atoms with Gasteiger partial charge in [-0.25, -0.2) is 22.5 Å². The molecule has 0 aliphatic carbocycles. The van der Waals surface area contributed by atoms with E-state index in [1.807, 2.05) is 10.6 Å². The summed E-state index contributed by atoms with van der Waals surface area (Å²) < 4.78 is 46.1. The van der Waals surface area contributed by atoms with Gasteiger partial charge in [-0.3, -0.25) is 4.40 Å². The number of hydrogen-bond donors (Lipinski definition) is 2. The summed E-state index contributed by atoms with van der Waals surface area (Å²) in [5, 5.41) is 3.14. The molecule has 2 aromatic heterocycles. The Bertz CT molecular complexity index is 1010. The van der Waals surface area contributed by atoms with E-state index in [9.17, 15) is 12.8 Å². The zero-order valence-electron chi connectivity index (χ0n) is 14.4. The quantitative estimate of drug-likeness (QED) is 0.479. The molecule has 0 bridgehead atoms. The fourth-order valence-corrected chi connectivity index (χ4v) is 4.81. The smallest absolute Gasteiger partial charge is 0.242 e. The normalized spacial score (nSPS) is 11.9. The summed E-state index contributed by atoms with van der Waals surface area (Å²) in [5.41, 5.74) is 0. The number of sulfonamides is 1. The third kappa shape index (κ3) is 5.16. The molecule has 0 fully saturated rings. The van der Waals surface area contributed by atoms with Crippen LogP contribution >= 0.6 is 23.1 Å². The van der Waals surface area contributed by atoms with Crippen molar-refractivity contribution in [1.82, 2.24) is 18.5 Å². The maximum absolute atomic E-state index is 13.0. The fraction of sp³-hybridized carbons (Fsp3) is 0.375. The molecular formula is C16H19ClFN5O2S2. The summed E-state index contributed by atoms with van der Waals surface area (Å²) in [6.45, 7) is 1.10. The van der Waals surface area contributed by atoms with Gasteiger partial charge in [-0.2, -0.15) is 4.37 Å². The first-order chi connectivity index (χ1) is 13.0. The molecule has 0 atom stereocenters. The van der Waals surface area contributed by atoms with E-state index in [0.717, 1.165) is 48.8 Å². The van der Waals surface area contributed by atoms with Crippen LogP contribution in [0.4, 0.5) is 10.3 Å². The molecule has 2 N–H and O–H groups in total. The molecule has 0 radical (unpaired) electrons. The predicted molar refractivity (Wildman–Crippen MR) is 104 cm³/mol. The van der Waals surface area contributed by atoms with Gasteiger partial charge in [0, 0.05) is 37.0 Å². The molecule has 7 nitrogen and oxygen atoms in total. The van der Waals surface area contributed by atoms with E-state index in [1.165, 1.54) is 17.6 Å². The first kappa shape index (κ1) is 20.0. The monoisotopic (exact) mass is 431 g/mol. The van der Waals surface area contributed by atoms with Crippen LogP contribution in [-0.2, 0) is 10.0 Å². The fourth-order valence-electron chi connectivity index (χ4n) is 2.55. The lowest BCUT2D eigenvalue weighted by molar-refractivity contribution is 0.572. The number of hydrogen-bond acceptors (Lipinski definition) is 6. The van der Waals surface area contributed by atoms with E-state index in [0.29, 0.717) is 13.0 Å². The highest BCUT2D eigenvalue weighted by Gasteiger charge is 2.17. The van der Waals surface area contributed by atoms with E-state index in [-0.39, 0.29) is 9.92 Å². The van der Waals surface area contributed by atoms with Crippen LogP contribution in [0.3, 0.4) is 0 Å². The molecule has 146 valence electrons. The van der Waals surface area contributed by atoms with Gasteiger partial charge in [0.05, 0.1) is 5.02 Å². The average Bonchev–Trinajstić information content (AvgIpc) is 3.21. The Morgan fingerprint density at radius 2 is 1.96 bits per heavy atom. The third-order valence-electron chi connectivity index (χ3n) is 3.91. The second-order valence-electron chi connectivity index (χ2n) is 5.90. The molecule has 0 amide bonds. The molecular weight excluding hydrogens is 413 g/mol. The largest absolute Gasteiger partial charge is 0.355 e. The Kier molecular flexibility index (Phi) is 6.64. The molecule has 11 heteroatoms. The summed E-state index contributed by atoms with van der Waals surface area (Å²) in [7, 11) is -3.73. The third-order valence-corrected chi connectivity index (χ3v) is 6.58. The number of fused-ring (bicyclic) bond motifs is 1. The van der Waals surface area contributed by atoms with Crippen LogP contribution in [0, 0.1) is 5.82 Å². The van der Waals surface area contributed by atoms with Gasteiger partial charge in [-0.15, -0.1) is 0 Å². The number of nitrogens with zero attached hydrogens (tertiary/aromatic N) is 3. The zero-order chi connectivity index (χ0) is 19.3. The van der Waals surface area contributed by atoms with Gasteiger partial charge in [0.1, 0.15) is 10.7 Å². The van der Waals surface area contributed by atoms with E-state index >= 15 is 0 Å². The van der Waals surface area contributed by atoms with E-state index in [1.54, 1.807) is 6.20 Å². The zero-order valence-corrected chi connectivity index (χ0v) is 16.7.